The fourth-order valence-corrected chi connectivity index (χ4v) is 4.27. The number of hydrogen-bond acceptors (Lipinski definition) is 4. The number of halogens is 1. The van der Waals surface area contributed by atoms with Gasteiger partial charge in [-0.3, -0.25) is 4.98 Å². The van der Waals surface area contributed by atoms with Crippen LogP contribution in [0.15, 0.2) is 59.6 Å². The molecule has 0 saturated carbocycles. The Bertz CT molecular complexity index is 1190. The van der Waals surface area contributed by atoms with E-state index in [2.05, 4.69) is 56.9 Å². The standard InChI is InChI=1S/C18H12BrN5S/c1-23-9-14(13-8-12(19)2-3-16(13)23)17-22-24-10-15(21-18(24)25-17)11-4-6-20-7-5-11/h2-10H,1H3. The third-order valence-electron chi connectivity index (χ3n) is 4.20. The third kappa shape index (κ3) is 2.39. The van der Waals surface area contributed by atoms with E-state index >= 15 is 0 Å². The highest BCUT2D eigenvalue weighted by Crippen LogP contribution is 2.35. The van der Waals surface area contributed by atoms with Gasteiger partial charge in [-0.1, -0.05) is 27.3 Å². The van der Waals surface area contributed by atoms with Crippen molar-refractivity contribution in [3.05, 3.63) is 59.6 Å². The number of fused-ring (bicyclic) bond motifs is 2. The van der Waals surface area contributed by atoms with Crippen LogP contribution in [0.25, 0.3) is 37.7 Å². The number of benzene rings is 1. The fourth-order valence-electron chi connectivity index (χ4n) is 3.01. The fraction of sp³-hybridized carbons (Fsp3) is 0.0556. The van der Waals surface area contributed by atoms with Gasteiger partial charge in [0.15, 0.2) is 0 Å². The Labute approximate surface area is 155 Å². The maximum Gasteiger partial charge on any atom is 0.213 e. The van der Waals surface area contributed by atoms with E-state index in [1.54, 1.807) is 23.7 Å². The molecule has 122 valence electrons. The van der Waals surface area contributed by atoms with Crippen molar-refractivity contribution in [1.82, 2.24) is 24.1 Å². The SMILES string of the molecule is Cn1cc(-c2nn3cc(-c4ccncc4)nc3s2)c2cc(Br)ccc21. The summed E-state index contributed by atoms with van der Waals surface area (Å²) in [5.41, 5.74) is 4.26. The monoisotopic (exact) mass is 409 g/mol. The van der Waals surface area contributed by atoms with Crippen LogP contribution in [0.5, 0.6) is 0 Å². The largest absolute Gasteiger partial charge is 0.350 e. The van der Waals surface area contributed by atoms with Gasteiger partial charge in [-0.15, -0.1) is 0 Å². The van der Waals surface area contributed by atoms with E-state index < -0.39 is 0 Å². The van der Waals surface area contributed by atoms with E-state index in [0.29, 0.717) is 0 Å². The molecule has 4 aromatic heterocycles. The molecule has 0 aliphatic rings. The molecule has 25 heavy (non-hydrogen) atoms. The minimum absolute atomic E-state index is 0.883. The van der Waals surface area contributed by atoms with Crippen LogP contribution < -0.4 is 0 Å². The minimum atomic E-state index is 0.883. The third-order valence-corrected chi connectivity index (χ3v) is 5.65. The van der Waals surface area contributed by atoms with Crippen molar-refractivity contribution in [3.63, 3.8) is 0 Å². The highest BCUT2D eigenvalue weighted by molar-refractivity contribution is 9.10. The molecule has 0 spiro atoms. The maximum atomic E-state index is 4.75. The van der Waals surface area contributed by atoms with Crippen LogP contribution in [0.4, 0.5) is 0 Å². The van der Waals surface area contributed by atoms with Gasteiger partial charge in [-0.25, -0.2) is 9.50 Å². The van der Waals surface area contributed by atoms with E-state index in [4.69, 9.17) is 10.1 Å². The summed E-state index contributed by atoms with van der Waals surface area (Å²) in [6.07, 6.45) is 7.63. The molecule has 0 N–H and O–H groups in total. The zero-order chi connectivity index (χ0) is 17.0. The molecule has 5 nitrogen and oxygen atoms in total. The summed E-state index contributed by atoms with van der Waals surface area (Å²) in [7, 11) is 2.06. The van der Waals surface area contributed by atoms with E-state index in [-0.39, 0.29) is 0 Å². The molecule has 7 heteroatoms. The molecule has 0 unspecified atom stereocenters. The topological polar surface area (TPSA) is 48.0 Å². The second-order valence-corrected chi connectivity index (χ2v) is 7.68. The zero-order valence-corrected chi connectivity index (χ0v) is 15.6. The van der Waals surface area contributed by atoms with Crippen LogP contribution >= 0.6 is 27.3 Å². The number of aromatic nitrogens is 5. The number of hydrogen-bond donors (Lipinski definition) is 0. The molecule has 0 saturated heterocycles. The predicted octanol–water partition coefficient (Wildman–Crippen LogP) is 4.77. The van der Waals surface area contributed by atoms with Crippen molar-refractivity contribution in [1.29, 1.82) is 0 Å². The van der Waals surface area contributed by atoms with Crippen LogP contribution in [0.1, 0.15) is 0 Å². The van der Waals surface area contributed by atoms with Crippen LogP contribution in [0.2, 0.25) is 0 Å². The summed E-state index contributed by atoms with van der Waals surface area (Å²) in [6, 6.07) is 10.2. The first-order chi connectivity index (χ1) is 12.2. The van der Waals surface area contributed by atoms with Crippen molar-refractivity contribution in [2.45, 2.75) is 0 Å². The lowest BCUT2D eigenvalue weighted by Crippen LogP contribution is -1.83. The minimum Gasteiger partial charge on any atom is -0.350 e. The van der Waals surface area contributed by atoms with Gasteiger partial charge in [0, 0.05) is 52.1 Å². The van der Waals surface area contributed by atoms with Crippen LogP contribution in [0, 0.1) is 0 Å². The number of nitrogens with zero attached hydrogens (tertiary/aromatic N) is 5. The summed E-state index contributed by atoms with van der Waals surface area (Å²) in [5, 5.41) is 6.90. The van der Waals surface area contributed by atoms with Crippen molar-refractivity contribution < 1.29 is 0 Å². The normalized spacial score (nSPS) is 11.6. The van der Waals surface area contributed by atoms with Gasteiger partial charge in [-0.05, 0) is 30.3 Å². The predicted molar refractivity (Wildman–Crippen MR) is 104 cm³/mol. The van der Waals surface area contributed by atoms with Crippen LogP contribution in [-0.2, 0) is 7.05 Å². The summed E-state index contributed by atoms with van der Waals surface area (Å²) < 4.78 is 5.05. The molecule has 0 aliphatic heterocycles. The molecule has 5 aromatic rings. The van der Waals surface area contributed by atoms with Crippen molar-refractivity contribution in [2.75, 3.05) is 0 Å². The number of pyridine rings is 1. The maximum absolute atomic E-state index is 4.75. The van der Waals surface area contributed by atoms with Gasteiger partial charge in [0.05, 0.1) is 11.9 Å². The quantitative estimate of drug-likeness (QED) is 0.421. The zero-order valence-electron chi connectivity index (χ0n) is 13.2. The highest BCUT2D eigenvalue weighted by Gasteiger charge is 2.15. The van der Waals surface area contributed by atoms with Gasteiger partial charge in [0.1, 0.15) is 5.01 Å². The van der Waals surface area contributed by atoms with Gasteiger partial charge in [0.2, 0.25) is 4.96 Å². The highest BCUT2D eigenvalue weighted by atomic mass is 79.9. The lowest BCUT2D eigenvalue weighted by Gasteiger charge is -1.96. The molecule has 0 amide bonds. The Kier molecular flexibility index (Phi) is 3.26. The summed E-state index contributed by atoms with van der Waals surface area (Å²) in [6.45, 7) is 0. The molecule has 4 heterocycles. The lowest BCUT2D eigenvalue weighted by molar-refractivity contribution is 0.961. The van der Waals surface area contributed by atoms with Crippen LogP contribution in [0.3, 0.4) is 0 Å². The van der Waals surface area contributed by atoms with Crippen molar-refractivity contribution >= 4 is 43.1 Å². The first-order valence-corrected chi connectivity index (χ1v) is 9.31. The van der Waals surface area contributed by atoms with Gasteiger partial charge < -0.3 is 4.57 Å². The molecule has 0 bridgehead atoms. The number of rotatable bonds is 2. The molecular formula is C18H12BrN5S. The molecule has 0 aliphatic carbocycles. The first kappa shape index (κ1) is 14.8. The summed E-state index contributed by atoms with van der Waals surface area (Å²) >= 11 is 5.16. The lowest BCUT2D eigenvalue weighted by atomic mass is 10.2. The Morgan fingerprint density at radius 2 is 1.92 bits per heavy atom. The second-order valence-electron chi connectivity index (χ2n) is 5.81. The first-order valence-electron chi connectivity index (χ1n) is 7.70. The summed E-state index contributed by atoms with van der Waals surface area (Å²) in [5.74, 6) is 0. The van der Waals surface area contributed by atoms with Gasteiger partial charge in [0.25, 0.3) is 0 Å². The van der Waals surface area contributed by atoms with Crippen molar-refractivity contribution in [2.24, 2.45) is 7.05 Å². The van der Waals surface area contributed by atoms with Crippen molar-refractivity contribution in [3.8, 4) is 21.8 Å². The molecule has 5 rings (SSSR count). The van der Waals surface area contributed by atoms with E-state index in [9.17, 15) is 0 Å². The van der Waals surface area contributed by atoms with E-state index in [1.807, 2.05) is 22.8 Å². The van der Waals surface area contributed by atoms with E-state index in [0.717, 1.165) is 31.3 Å². The van der Waals surface area contributed by atoms with Gasteiger partial charge in [-0.2, -0.15) is 5.10 Å². The van der Waals surface area contributed by atoms with Crippen LogP contribution in [-0.4, -0.2) is 24.1 Å². The molecule has 0 radical (unpaired) electrons. The Hall–Kier alpha value is -2.51. The molecule has 1 aromatic carbocycles. The Balaban J connectivity index is 1.65. The Morgan fingerprint density at radius 1 is 1.08 bits per heavy atom. The number of aryl methyl sites for hydroxylation is 1. The van der Waals surface area contributed by atoms with E-state index in [1.165, 1.54) is 10.9 Å². The molecular weight excluding hydrogens is 398 g/mol. The average molecular weight is 410 g/mol. The molecule has 0 atom stereocenters. The Morgan fingerprint density at radius 3 is 2.72 bits per heavy atom. The second kappa shape index (κ2) is 5.50. The average Bonchev–Trinajstić information content (AvgIpc) is 3.27. The molecule has 0 fully saturated rings. The summed E-state index contributed by atoms with van der Waals surface area (Å²) in [4.78, 5) is 9.64. The smallest absolute Gasteiger partial charge is 0.213 e. The van der Waals surface area contributed by atoms with Gasteiger partial charge >= 0.3 is 0 Å². The number of imidazole rings is 1.